The summed E-state index contributed by atoms with van der Waals surface area (Å²) in [5.41, 5.74) is 1.24. The van der Waals surface area contributed by atoms with Gasteiger partial charge in [-0.3, -0.25) is 0 Å². The van der Waals surface area contributed by atoms with E-state index in [-0.39, 0.29) is 18.9 Å². The van der Waals surface area contributed by atoms with Gasteiger partial charge >= 0.3 is 18.9 Å². The molecule has 2 aromatic rings. The largest absolute Gasteiger partial charge is 1.00 e. The number of hydrogen-bond acceptors (Lipinski definition) is 1. The monoisotopic (exact) mass is 191 g/mol. The van der Waals surface area contributed by atoms with Crippen molar-refractivity contribution in [2.75, 3.05) is 14.1 Å². The van der Waals surface area contributed by atoms with Gasteiger partial charge in [-0.05, 0) is 14.1 Å². The minimum absolute atomic E-state index is 0. The van der Waals surface area contributed by atoms with Crippen molar-refractivity contribution in [1.82, 2.24) is 4.90 Å². The molecule has 0 saturated heterocycles. The zero-order valence-corrected chi connectivity index (χ0v) is 9.62. The molecule has 1 nitrogen and oxygen atoms in total. The van der Waals surface area contributed by atoms with E-state index in [0.717, 1.165) is 6.54 Å². The van der Waals surface area contributed by atoms with Gasteiger partial charge in [0.05, 0.1) is 0 Å². The van der Waals surface area contributed by atoms with Crippen LogP contribution in [0.15, 0.2) is 36.4 Å². The molecule has 0 saturated carbocycles. The van der Waals surface area contributed by atoms with Gasteiger partial charge in [0.25, 0.3) is 0 Å². The van der Waals surface area contributed by atoms with Crippen molar-refractivity contribution in [3.05, 3.63) is 48.0 Å². The molecule has 0 fully saturated rings. The van der Waals surface area contributed by atoms with Crippen molar-refractivity contribution in [1.29, 1.82) is 0 Å². The number of benzene rings is 2. The Morgan fingerprint density at radius 2 is 1.80 bits per heavy atom. The first kappa shape index (κ1) is 12.3. The summed E-state index contributed by atoms with van der Waals surface area (Å²) >= 11 is 0. The number of hydrogen-bond donors (Lipinski definition) is 0. The van der Waals surface area contributed by atoms with Crippen LogP contribution in [0.25, 0.3) is 10.8 Å². The standard InChI is InChI=1S/C13H14N.Li/c1-14(2)10-11-7-8-12-5-3-4-6-13(12)9-11;/h3-6,8-9H,10H2,1-2H3;/q-1;+1. The molecule has 0 unspecified atom stereocenters. The zero-order valence-electron chi connectivity index (χ0n) is 9.62. The minimum atomic E-state index is 0. The molecule has 0 aliphatic rings. The maximum atomic E-state index is 3.30. The van der Waals surface area contributed by atoms with E-state index in [4.69, 9.17) is 0 Å². The fraction of sp³-hybridized carbons (Fsp3) is 0.231. The van der Waals surface area contributed by atoms with E-state index in [0.29, 0.717) is 0 Å². The van der Waals surface area contributed by atoms with E-state index in [2.05, 4.69) is 61.5 Å². The first-order valence-corrected chi connectivity index (χ1v) is 4.80. The van der Waals surface area contributed by atoms with Gasteiger partial charge in [0.1, 0.15) is 0 Å². The molecule has 2 aromatic carbocycles. The van der Waals surface area contributed by atoms with Gasteiger partial charge in [0.15, 0.2) is 0 Å². The average Bonchev–Trinajstić information content (AvgIpc) is 2.17. The zero-order chi connectivity index (χ0) is 9.97. The molecule has 0 atom stereocenters. The van der Waals surface area contributed by atoms with Gasteiger partial charge in [0.2, 0.25) is 0 Å². The van der Waals surface area contributed by atoms with Crippen LogP contribution < -0.4 is 18.9 Å². The van der Waals surface area contributed by atoms with Gasteiger partial charge in [0, 0.05) is 6.54 Å². The number of rotatable bonds is 2. The summed E-state index contributed by atoms with van der Waals surface area (Å²) in [7, 11) is 4.14. The summed E-state index contributed by atoms with van der Waals surface area (Å²) in [6.45, 7) is 0.949. The molecule has 0 heterocycles. The number of fused-ring (bicyclic) bond motifs is 1. The second kappa shape index (κ2) is 5.37. The van der Waals surface area contributed by atoms with Crippen molar-refractivity contribution in [3.8, 4) is 0 Å². The van der Waals surface area contributed by atoms with Gasteiger partial charge in [-0.1, -0.05) is 18.2 Å². The van der Waals surface area contributed by atoms with Crippen LogP contribution in [0.4, 0.5) is 0 Å². The summed E-state index contributed by atoms with van der Waals surface area (Å²) in [5.74, 6) is 0. The van der Waals surface area contributed by atoms with Crippen molar-refractivity contribution in [2.24, 2.45) is 0 Å². The third-order valence-electron chi connectivity index (χ3n) is 2.23. The van der Waals surface area contributed by atoms with Crippen molar-refractivity contribution >= 4 is 10.8 Å². The van der Waals surface area contributed by atoms with Crippen LogP contribution in [0, 0.1) is 6.07 Å². The molecule has 2 heteroatoms. The molecule has 0 aromatic heterocycles. The van der Waals surface area contributed by atoms with Gasteiger partial charge in [-0.15, -0.1) is 22.4 Å². The smallest absolute Gasteiger partial charge is 0.307 e. The molecule has 0 aliphatic carbocycles. The predicted molar refractivity (Wildman–Crippen MR) is 60.2 cm³/mol. The summed E-state index contributed by atoms with van der Waals surface area (Å²) in [4.78, 5) is 2.15. The Bertz CT molecular complexity index is 437. The van der Waals surface area contributed by atoms with Crippen molar-refractivity contribution < 1.29 is 18.9 Å². The molecule has 0 N–H and O–H groups in total. The van der Waals surface area contributed by atoms with Crippen LogP contribution in [0.5, 0.6) is 0 Å². The van der Waals surface area contributed by atoms with Crippen LogP contribution in [-0.4, -0.2) is 19.0 Å². The van der Waals surface area contributed by atoms with E-state index in [9.17, 15) is 0 Å². The Kier molecular flexibility index (Phi) is 4.41. The Balaban J connectivity index is 0.00000112. The van der Waals surface area contributed by atoms with Crippen molar-refractivity contribution in [3.63, 3.8) is 0 Å². The first-order chi connectivity index (χ1) is 6.75. The predicted octanol–water partition coefficient (Wildman–Crippen LogP) is -0.294. The molecule has 72 valence electrons. The van der Waals surface area contributed by atoms with Gasteiger partial charge < -0.3 is 4.90 Å². The second-order valence-corrected chi connectivity index (χ2v) is 3.82. The molecule has 0 spiro atoms. The van der Waals surface area contributed by atoms with E-state index >= 15 is 0 Å². The first-order valence-electron chi connectivity index (χ1n) is 4.80. The Hall–Kier alpha value is -0.743. The molecule has 15 heavy (non-hydrogen) atoms. The third kappa shape index (κ3) is 3.11. The van der Waals surface area contributed by atoms with Crippen LogP contribution in [0.3, 0.4) is 0 Å². The topological polar surface area (TPSA) is 3.24 Å². The maximum absolute atomic E-state index is 3.30. The second-order valence-electron chi connectivity index (χ2n) is 3.82. The van der Waals surface area contributed by atoms with Crippen LogP contribution in [-0.2, 0) is 6.54 Å². The van der Waals surface area contributed by atoms with Crippen molar-refractivity contribution in [2.45, 2.75) is 6.54 Å². The Morgan fingerprint density at radius 3 is 2.47 bits per heavy atom. The minimum Gasteiger partial charge on any atom is -0.307 e. The Morgan fingerprint density at radius 1 is 1.13 bits per heavy atom. The van der Waals surface area contributed by atoms with Crippen LogP contribution >= 0.6 is 0 Å². The summed E-state index contributed by atoms with van der Waals surface area (Å²) < 4.78 is 0. The molecular formula is C13H14LiN. The molecule has 0 bridgehead atoms. The molecule has 0 radical (unpaired) electrons. The van der Waals surface area contributed by atoms with Gasteiger partial charge in [-0.2, -0.15) is 18.2 Å². The quantitative estimate of drug-likeness (QED) is 0.465. The van der Waals surface area contributed by atoms with E-state index in [1.54, 1.807) is 0 Å². The van der Waals surface area contributed by atoms with Crippen LogP contribution in [0.2, 0.25) is 0 Å². The van der Waals surface area contributed by atoms with Gasteiger partial charge in [-0.25, -0.2) is 0 Å². The van der Waals surface area contributed by atoms with Crippen LogP contribution in [0.1, 0.15) is 5.56 Å². The third-order valence-corrected chi connectivity index (χ3v) is 2.23. The fourth-order valence-corrected chi connectivity index (χ4v) is 1.61. The molecule has 0 amide bonds. The normalized spacial score (nSPS) is 10.3. The molecular weight excluding hydrogens is 177 g/mol. The molecule has 2 rings (SSSR count). The fourth-order valence-electron chi connectivity index (χ4n) is 1.61. The van der Waals surface area contributed by atoms with E-state index < -0.39 is 0 Å². The van der Waals surface area contributed by atoms with E-state index in [1.165, 1.54) is 16.3 Å². The SMILES string of the molecule is CN(C)Cc1[c-]cc2ccccc2c1.[Li+]. The summed E-state index contributed by atoms with van der Waals surface area (Å²) in [5, 5.41) is 2.55. The average molecular weight is 191 g/mol. The number of nitrogens with zero attached hydrogens (tertiary/aromatic N) is 1. The maximum Gasteiger partial charge on any atom is 1.00 e. The molecule has 0 aliphatic heterocycles. The summed E-state index contributed by atoms with van der Waals surface area (Å²) in [6, 6.07) is 16.0. The summed E-state index contributed by atoms with van der Waals surface area (Å²) in [6.07, 6.45) is 0. The van der Waals surface area contributed by atoms with E-state index in [1.807, 2.05) is 0 Å². The Labute approximate surface area is 103 Å².